The second-order valence-corrected chi connectivity index (χ2v) is 11.9. The van der Waals surface area contributed by atoms with E-state index < -0.39 is 23.5 Å². The van der Waals surface area contributed by atoms with Gasteiger partial charge in [-0.25, -0.2) is 19.7 Å². The first-order valence-corrected chi connectivity index (χ1v) is 14.6. The van der Waals surface area contributed by atoms with Gasteiger partial charge >= 0.3 is 12.1 Å². The van der Waals surface area contributed by atoms with Crippen LogP contribution >= 0.6 is 22.9 Å². The minimum absolute atomic E-state index is 0. The van der Waals surface area contributed by atoms with Crippen LogP contribution in [0.25, 0.3) is 11.3 Å². The third kappa shape index (κ3) is 7.91. The van der Waals surface area contributed by atoms with Gasteiger partial charge in [-0.05, 0) is 57.4 Å². The molecule has 9 nitrogen and oxygen atoms in total. The van der Waals surface area contributed by atoms with Crippen molar-refractivity contribution in [1.82, 2.24) is 19.9 Å². The van der Waals surface area contributed by atoms with E-state index in [1.807, 2.05) is 0 Å². The molecule has 2 aliphatic rings. The van der Waals surface area contributed by atoms with E-state index in [0.717, 1.165) is 36.4 Å². The van der Waals surface area contributed by atoms with Gasteiger partial charge < -0.3 is 20.1 Å². The summed E-state index contributed by atoms with van der Waals surface area (Å²) in [5.74, 6) is -1.78. The number of carboxylic acid groups (broad SMARTS) is 1. The predicted octanol–water partition coefficient (Wildman–Crippen LogP) is 6.85. The SMILES string of the molecule is C.C[C@@H]1CCCN1Cc1sc(Nc2ncnc(N3CCC(OCC(=O)O)CC3)c2F)nc1-c1cc(Cl)cc(C(F)(F)F)c1. The maximum absolute atomic E-state index is 15.6. The molecule has 1 atom stereocenters. The molecular weight excluding hydrogens is 612 g/mol. The van der Waals surface area contributed by atoms with Gasteiger partial charge in [-0.3, -0.25) is 4.90 Å². The zero-order chi connectivity index (χ0) is 30.0. The number of alkyl halides is 3. The number of anilines is 3. The van der Waals surface area contributed by atoms with Crippen LogP contribution in [-0.2, 0) is 22.3 Å². The van der Waals surface area contributed by atoms with E-state index in [4.69, 9.17) is 21.4 Å². The van der Waals surface area contributed by atoms with Crippen molar-refractivity contribution in [3.8, 4) is 11.3 Å². The summed E-state index contributed by atoms with van der Waals surface area (Å²) in [6, 6.07) is 3.65. The maximum Gasteiger partial charge on any atom is 0.416 e. The summed E-state index contributed by atoms with van der Waals surface area (Å²) in [5.41, 5.74) is -0.317. The Morgan fingerprint density at radius 1 is 1.19 bits per heavy atom. The average molecular weight is 645 g/mol. The topological polar surface area (TPSA) is 104 Å². The molecule has 0 radical (unpaired) electrons. The van der Waals surface area contributed by atoms with E-state index in [9.17, 15) is 18.0 Å². The number of halogens is 5. The first kappa shape index (κ1) is 32.8. The summed E-state index contributed by atoms with van der Waals surface area (Å²) in [6.45, 7) is 3.86. The Hall–Kier alpha value is -3.07. The van der Waals surface area contributed by atoms with Gasteiger partial charge in [-0.1, -0.05) is 30.4 Å². The summed E-state index contributed by atoms with van der Waals surface area (Å²) in [5, 5.41) is 11.9. The molecule has 2 aromatic heterocycles. The van der Waals surface area contributed by atoms with E-state index in [0.29, 0.717) is 44.2 Å². The number of carbonyl (C=O) groups is 1. The Labute approximate surface area is 255 Å². The van der Waals surface area contributed by atoms with Crippen LogP contribution in [0.4, 0.5) is 34.3 Å². The van der Waals surface area contributed by atoms with Crippen molar-refractivity contribution in [3.05, 3.63) is 45.8 Å². The number of piperidine rings is 1. The van der Waals surface area contributed by atoms with Crippen molar-refractivity contribution in [2.75, 3.05) is 36.5 Å². The fourth-order valence-electron chi connectivity index (χ4n) is 5.23. The summed E-state index contributed by atoms with van der Waals surface area (Å²) >= 11 is 7.31. The molecule has 2 aliphatic heterocycles. The molecule has 15 heteroatoms. The molecule has 0 spiro atoms. The van der Waals surface area contributed by atoms with Crippen molar-refractivity contribution in [2.45, 2.75) is 64.9 Å². The largest absolute Gasteiger partial charge is 0.480 e. The Balaban J connectivity index is 0.00000423. The number of rotatable bonds is 9. The molecule has 3 aromatic rings. The number of hydrogen-bond donors (Lipinski definition) is 2. The molecule has 43 heavy (non-hydrogen) atoms. The fourth-order valence-corrected chi connectivity index (χ4v) is 6.48. The summed E-state index contributed by atoms with van der Waals surface area (Å²) in [4.78, 5) is 28.2. The lowest BCUT2D eigenvalue weighted by Gasteiger charge is -2.32. The second kappa shape index (κ2) is 13.7. The van der Waals surface area contributed by atoms with Crippen molar-refractivity contribution in [1.29, 1.82) is 0 Å². The lowest BCUT2D eigenvalue weighted by molar-refractivity contribution is -0.144. The van der Waals surface area contributed by atoms with Crippen LogP contribution in [-0.4, -0.2) is 69.3 Å². The van der Waals surface area contributed by atoms with Crippen LogP contribution in [0.3, 0.4) is 0 Å². The third-order valence-electron chi connectivity index (χ3n) is 7.41. The van der Waals surface area contributed by atoms with Crippen molar-refractivity contribution >= 4 is 45.7 Å². The van der Waals surface area contributed by atoms with Crippen LogP contribution in [0.15, 0.2) is 24.5 Å². The minimum atomic E-state index is -4.59. The highest BCUT2D eigenvalue weighted by Crippen LogP contribution is 2.39. The highest BCUT2D eigenvalue weighted by Gasteiger charge is 2.32. The van der Waals surface area contributed by atoms with Gasteiger partial charge in [0.1, 0.15) is 12.9 Å². The van der Waals surface area contributed by atoms with Gasteiger partial charge in [-0.2, -0.15) is 17.6 Å². The fraction of sp³-hybridized carbons (Fsp3) is 0.500. The average Bonchev–Trinajstić information content (AvgIpc) is 3.53. The highest BCUT2D eigenvalue weighted by atomic mass is 35.5. The molecule has 0 bridgehead atoms. The standard InChI is InChI=1S/C27H29ClF4N6O3S.CH4/c1-15-3-2-6-38(15)12-20-23(16-9-17(27(30,31)32)11-18(28)10-16)35-26(42-20)36-24-22(29)25(34-14-33-24)37-7-4-19(5-8-37)41-13-21(39)40;/h9-11,14-15,19H,2-8,12-13H2,1H3,(H,39,40)(H,33,34,35,36);1H4/t15-;/m1./s1. The maximum atomic E-state index is 15.6. The zero-order valence-corrected chi connectivity index (χ0v) is 24.2. The minimum Gasteiger partial charge on any atom is -0.480 e. The lowest BCUT2D eigenvalue weighted by atomic mass is 10.1. The van der Waals surface area contributed by atoms with Gasteiger partial charge in [-0.15, -0.1) is 0 Å². The molecule has 0 amide bonds. The molecule has 2 N–H and O–H groups in total. The number of thiazole rings is 1. The van der Waals surface area contributed by atoms with Gasteiger partial charge in [0, 0.05) is 41.1 Å². The molecule has 1 aromatic carbocycles. The lowest BCUT2D eigenvalue weighted by Crippen LogP contribution is -2.38. The number of aromatic nitrogens is 3. The number of hydrogen-bond acceptors (Lipinski definition) is 9. The first-order chi connectivity index (χ1) is 20.0. The predicted molar refractivity (Wildman–Crippen MR) is 157 cm³/mol. The number of likely N-dealkylation sites (tertiary alicyclic amines) is 1. The molecule has 0 saturated carbocycles. The number of benzene rings is 1. The Morgan fingerprint density at radius 3 is 2.58 bits per heavy atom. The van der Waals surface area contributed by atoms with Gasteiger partial charge in [0.05, 0.1) is 17.4 Å². The zero-order valence-electron chi connectivity index (χ0n) is 22.6. The second-order valence-electron chi connectivity index (χ2n) is 10.4. The highest BCUT2D eigenvalue weighted by molar-refractivity contribution is 7.16. The van der Waals surface area contributed by atoms with Crippen LogP contribution in [0, 0.1) is 5.82 Å². The van der Waals surface area contributed by atoms with E-state index in [1.54, 1.807) is 4.90 Å². The molecule has 4 heterocycles. The number of nitrogens with one attached hydrogen (secondary N) is 1. The molecule has 2 fully saturated rings. The van der Waals surface area contributed by atoms with Crippen molar-refractivity contribution in [3.63, 3.8) is 0 Å². The van der Waals surface area contributed by atoms with E-state index in [1.165, 1.54) is 23.7 Å². The van der Waals surface area contributed by atoms with Crippen molar-refractivity contribution < 1.29 is 32.2 Å². The summed E-state index contributed by atoms with van der Waals surface area (Å²) < 4.78 is 61.7. The third-order valence-corrected chi connectivity index (χ3v) is 8.59. The van der Waals surface area contributed by atoms with Crippen LogP contribution in [0.2, 0.25) is 5.02 Å². The van der Waals surface area contributed by atoms with Gasteiger partial charge in [0.25, 0.3) is 0 Å². The Morgan fingerprint density at radius 2 is 1.93 bits per heavy atom. The van der Waals surface area contributed by atoms with Gasteiger partial charge in [0.2, 0.25) is 5.82 Å². The Kier molecular flexibility index (Phi) is 10.5. The number of nitrogens with zero attached hydrogens (tertiary/aromatic N) is 5. The monoisotopic (exact) mass is 644 g/mol. The summed E-state index contributed by atoms with van der Waals surface area (Å²) in [6.07, 6.45) is -0.547. The number of ether oxygens (including phenoxy) is 1. The van der Waals surface area contributed by atoms with E-state index in [2.05, 4.69) is 32.1 Å². The number of aliphatic carboxylic acids is 1. The number of carboxylic acids is 1. The molecule has 0 unspecified atom stereocenters. The summed E-state index contributed by atoms with van der Waals surface area (Å²) in [7, 11) is 0. The van der Waals surface area contributed by atoms with E-state index >= 15 is 4.39 Å². The normalized spacial score (nSPS) is 18.1. The van der Waals surface area contributed by atoms with Crippen LogP contribution < -0.4 is 10.2 Å². The smallest absolute Gasteiger partial charge is 0.416 e. The van der Waals surface area contributed by atoms with Crippen LogP contribution in [0.1, 0.15) is 50.5 Å². The van der Waals surface area contributed by atoms with E-state index in [-0.39, 0.29) is 47.5 Å². The molecular formula is C28H33ClF4N6O3S. The first-order valence-electron chi connectivity index (χ1n) is 13.5. The molecule has 5 rings (SSSR count). The molecule has 2 saturated heterocycles. The Bertz CT molecular complexity index is 1430. The van der Waals surface area contributed by atoms with Crippen LogP contribution in [0.5, 0.6) is 0 Å². The van der Waals surface area contributed by atoms with Crippen molar-refractivity contribution in [2.24, 2.45) is 0 Å². The quantitative estimate of drug-likeness (QED) is 0.242. The van der Waals surface area contributed by atoms with Gasteiger partial charge in [0.15, 0.2) is 16.8 Å². The molecule has 0 aliphatic carbocycles. The molecule has 234 valence electrons.